The molecule has 0 bridgehead atoms. The predicted molar refractivity (Wildman–Crippen MR) is 93.0 cm³/mol. The van der Waals surface area contributed by atoms with Crippen LogP contribution in [-0.2, 0) is 16.0 Å². The van der Waals surface area contributed by atoms with Crippen molar-refractivity contribution in [2.24, 2.45) is 11.3 Å². The summed E-state index contributed by atoms with van der Waals surface area (Å²) >= 11 is 0. The molecule has 2 nitrogen and oxygen atoms in total. The van der Waals surface area contributed by atoms with Crippen LogP contribution in [0.4, 0.5) is 0 Å². The molecule has 1 aromatic carbocycles. The predicted octanol–water partition coefficient (Wildman–Crippen LogP) is 5.36. The molecule has 22 heavy (non-hydrogen) atoms. The number of carbonyl (C=O) groups is 1. The quantitative estimate of drug-likeness (QED) is 0.685. The van der Waals surface area contributed by atoms with E-state index in [1.807, 2.05) is 32.9 Å². The smallest absolute Gasteiger partial charge is 0.313 e. The molecular weight excluding hydrogens is 272 g/mol. The Hall–Kier alpha value is -1.31. The summed E-state index contributed by atoms with van der Waals surface area (Å²) in [4.78, 5) is 12.4. The fourth-order valence-corrected chi connectivity index (χ4v) is 2.04. The highest BCUT2D eigenvalue weighted by atomic mass is 16.6. The minimum Gasteiger partial charge on any atom is -0.459 e. The second-order valence-electron chi connectivity index (χ2n) is 8.24. The van der Waals surface area contributed by atoms with Crippen LogP contribution in [0.3, 0.4) is 0 Å². The summed E-state index contributed by atoms with van der Waals surface area (Å²) in [6.45, 7) is 16.6. The van der Waals surface area contributed by atoms with Crippen molar-refractivity contribution in [3.8, 4) is 0 Å². The standard InChI is InChI=1S/C20H32O2/c1-14(2)13-16-9-11-17(12-10-16)15(3)18(21)22-20(7,8)19(4,5)6/h9-12,14-15H,13H2,1-8H3/t15-/m0/s1. The van der Waals surface area contributed by atoms with Gasteiger partial charge in [-0.25, -0.2) is 0 Å². The van der Waals surface area contributed by atoms with Crippen molar-refractivity contribution in [1.82, 2.24) is 0 Å². The number of rotatable bonds is 5. The van der Waals surface area contributed by atoms with E-state index in [1.165, 1.54) is 5.56 Å². The Morgan fingerprint density at radius 3 is 1.91 bits per heavy atom. The molecule has 0 unspecified atom stereocenters. The van der Waals surface area contributed by atoms with Gasteiger partial charge >= 0.3 is 5.97 Å². The van der Waals surface area contributed by atoms with Gasteiger partial charge in [0.2, 0.25) is 0 Å². The third kappa shape index (κ3) is 4.86. The van der Waals surface area contributed by atoms with Gasteiger partial charge in [-0.15, -0.1) is 0 Å². The van der Waals surface area contributed by atoms with Crippen LogP contribution in [0.5, 0.6) is 0 Å². The lowest BCUT2D eigenvalue weighted by atomic mass is 9.79. The van der Waals surface area contributed by atoms with Crippen molar-refractivity contribution >= 4 is 5.97 Å². The maximum absolute atomic E-state index is 12.4. The van der Waals surface area contributed by atoms with E-state index in [4.69, 9.17) is 4.74 Å². The van der Waals surface area contributed by atoms with Crippen LogP contribution < -0.4 is 0 Å². The van der Waals surface area contributed by atoms with Gasteiger partial charge in [0.25, 0.3) is 0 Å². The van der Waals surface area contributed by atoms with E-state index in [2.05, 4.69) is 46.8 Å². The summed E-state index contributed by atoms with van der Waals surface area (Å²) in [6.07, 6.45) is 1.07. The van der Waals surface area contributed by atoms with Gasteiger partial charge in [0.15, 0.2) is 0 Å². The molecule has 0 amide bonds. The normalized spacial score (nSPS) is 14.0. The molecule has 0 spiro atoms. The van der Waals surface area contributed by atoms with Gasteiger partial charge < -0.3 is 4.74 Å². The molecule has 0 fully saturated rings. The Labute approximate surface area is 136 Å². The summed E-state index contributed by atoms with van der Waals surface area (Å²) in [5.74, 6) is 0.243. The fourth-order valence-electron chi connectivity index (χ4n) is 2.04. The van der Waals surface area contributed by atoms with Gasteiger partial charge in [-0.3, -0.25) is 4.79 Å². The molecule has 0 aliphatic heterocycles. The average Bonchev–Trinajstić information content (AvgIpc) is 2.36. The van der Waals surface area contributed by atoms with E-state index in [-0.39, 0.29) is 17.3 Å². The Morgan fingerprint density at radius 1 is 1.00 bits per heavy atom. The summed E-state index contributed by atoms with van der Waals surface area (Å²) in [5.41, 5.74) is 1.75. The van der Waals surface area contributed by atoms with Crippen molar-refractivity contribution < 1.29 is 9.53 Å². The summed E-state index contributed by atoms with van der Waals surface area (Å²) < 4.78 is 5.77. The first-order valence-electron chi connectivity index (χ1n) is 8.25. The zero-order chi connectivity index (χ0) is 17.1. The number of benzene rings is 1. The highest BCUT2D eigenvalue weighted by Crippen LogP contribution is 2.34. The topological polar surface area (TPSA) is 26.3 Å². The first-order valence-corrected chi connectivity index (χ1v) is 8.25. The molecule has 124 valence electrons. The van der Waals surface area contributed by atoms with Crippen LogP contribution in [0, 0.1) is 11.3 Å². The first kappa shape index (κ1) is 18.7. The minimum atomic E-state index is -0.490. The molecule has 0 saturated heterocycles. The van der Waals surface area contributed by atoms with Gasteiger partial charge in [-0.05, 0) is 44.2 Å². The molecule has 1 aromatic rings. The number of ether oxygens (including phenoxy) is 1. The van der Waals surface area contributed by atoms with Crippen molar-refractivity contribution in [3.63, 3.8) is 0 Å². The van der Waals surface area contributed by atoms with Crippen LogP contribution in [0.25, 0.3) is 0 Å². The van der Waals surface area contributed by atoms with Crippen molar-refractivity contribution in [2.75, 3.05) is 0 Å². The Balaban J connectivity index is 2.79. The molecule has 2 heteroatoms. The molecule has 0 aliphatic carbocycles. The van der Waals surface area contributed by atoms with E-state index in [9.17, 15) is 4.79 Å². The van der Waals surface area contributed by atoms with Crippen LogP contribution in [-0.4, -0.2) is 11.6 Å². The van der Waals surface area contributed by atoms with E-state index in [0.29, 0.717) is 5.92 Å². The minimum absolute atomic E-state index is 0.0937. The molecule has 0 radical (unpaired) electrons. The summed E-state index contributed by atoms with van der Waals surface area (Å²) in [7, 11) is 0. The highest BCUT2D eigenvalue weighted by molar-refractivity contribution is 5.78. The van der Waals surface area contributed by atoms with Crippen molar-refractivity contribution in [1.29, 1.82) is 0 Å². The number of hydrogen-bond donors (Lipinski definition) is 0. The third-order valence-electron chi connectivity index (χ3n) is 4.64. The summed E-state index contributed by atoms with van der Waals surface area (Å²) in [5, 5.41) is 0. The Bertz CT molecular complexity index is 489. The molecule has 0 aliphatic rings. The fraction of sp³-hybridized carbons (Fsp3) is 0.650. The van der Waals surface area contributed by atoms with Crippen LogP contribution in [0.15, 0.2) is 24.3 Å². The monoisotopic (exact) mass is 304 g/mol. The molecular formula is C20H32O2. The van der Waals surface area contributed by atoms with Crippen LogP contribution >= 0.6 is 0 Å². The van der Waals surface area contributed by atoms with E-state index >= 15 is 0 Å². The first-order chi connectivity index (χ1) is 9.94. The van der Waals surface area contributed by atoms with E-state index in [1.54, 1.807) is 0 Å². The maximum atomic E-state index is 12.4. The average molecular weight is 304 g/mol. The van der Waals surface area contributed by atoms with Gasteiger partial charge in [0, 0.05) is 5.41 Å². The zero-order valence-corrected chi connectivity index (χ0v) is 15.5. The lowest BCUT2D eigenvalue weighted by Crippen LogP contribution is -2.42. The molecule has 0 aromatic heterocycles. The van der Waals surface area contributed by atoms with Crippen molar-refractivity contribution in [3.05, 3.63) is 35.4 Å². The second-order valence-corrected chi connectivity index (χ2v) is 8.24. The number of hydrogen-bond acceptors (Lipinski definition) is 2. The zero-order valence-electron chi connectivity index (χ0n) is 15.5. The molecule has 0 saturated carbocycles. The van der Waals surface area contributed by atoms with Crippen molar-refractivity contribution in [2.45, 2.75) is 73.3 Å². The second kappa shape index (κ2) is 6.85. The molecule has 0 heterocycles. The third-order valence-corrected chi connectivity index (χ3v) is 4.64. The van der Waals surface area contributed by atoms with E-state index < -0.39 is 5.60 Å². The van der Waals surface area contributed by atoms with Gasteiger partial charge in [0.05, 0.1) is 5.92 Å². The molecule has 1 atom stereocenters. The van der Waals surface area contributed by atoms with Gasteiger partial charge in [-0.2, -0.15) is 0 Å². The Morgan fingerprint density at radius 2 is 1.50 bits per heavy atom. The van der Waals surface area contributed by atoms with Crippen LogP contribution in [0.1, 0.15) is 72.4 Å². The van der Waals surface area contributed by atoms with Gasteiger partial charge in [-0.1, -0.05) is 58.9 Å². The molecule has 0 N–H and O–H groups in total. The Kier molecular flexibility index (Phi) is 5.83. The largest absolute Gasteiger partial charge is 0.459 e. The lowest BCUT2D eigenvalue weighted by Gasteiger charge is -2.38. The number of esters is 1. The maximum Gasteiger partial charge on any atom is 0.313 e. The van der Waals surface area contributed by atoms with E-state index in [0.717, 1.165) is 12.0 Å². The molecule has 1 rings (SSSR count). The lowest BCUT2D eigenvalue weighted by molar-refractivity contribution is -0.168. The van der Waals surface area contributed by atoms with Gasteiger partial charge in [0.1, 0.15) is 5.60 Å². The SMILES string of the molecule is CC(C)Cc1ccc([C@H](C)C(=O)OC(C)(C)C(C)(C)C)cc1. The number of carbonyl (C=O) groups excluding carboxylic acids is 1. The summed E-state index contributed by atoms with van der Waals surface area (Å²) in [6, 6.07) is 8.34. The highest BCUT2D eigenvalue weighted by Gasteiger charge is 2.37. The van der Waals surface area contributed by atoms with Crippen LogP contribution in [0.2, 0.25) is 0 Å².